The molecule has 0 fully saturated rings. The van der Waals surface area contributed by atoms with Gasteiger partial charge in [-0.1, -0.05) is 72.0 Å². The second-order valence-electron chi connectivity index (χ2n) is 10.2. The highest BCUT2D eigenvalue weighted by Gasteiger charge is 2.33. The smallest absolute Gasteiger partial charge is 0.271 e. The summed E-state index contributed by atoms with van der Waals surface area (Å²) in [6.07, 6.45) is 3.83. The quantitative estimate of drug-likeness (QED) is 0.251. The number of benzene rings is 3. The van der Waals surface area contributed by atoms with E-state index in [-0.39, 0.29) is 17.3 Å². The van der Waals surface area contributed by atoms with Crippen LogP contribution in [0, 0.1) is 5.82 Å². The molecule has 6 nitrogen and oxygen atoms in total. The molecule has 0 radical (unpaired) electrons. The fourth-order valence-electron chi connectivity index (χ4n) is 5.52. The van der Waals surface area contributed by atoms with Crippen molar-refractivity contribution in [2.45, 2.75) is 19.5 Å². The largest absolute Gasteiger partial charge is 0.342 e. The van der Waals surface area contributed by atoms with E-state index in [2.05, 4.69) is 5.32 Å². The van der Waals surface area contributed by atoms with Crippen LogP contribution in [-0.2, 0) is 11.3 Å². The van der Waals surface area contributed by atoms with Crippen molar-refractivity contribution in [2.75, 3.05) is 5.32 Å². The molecule has 1 aliphatic rings. The van der Waals surface area contributed by atoms with E-state index in [9.17, 15) is 14.0 Å². The summed E-state index contributed by atoms with van der Waals surface area (Å²) in [5.74, 6) is -0.553. The molecule has 212 valence electrons. The van der Waals surface area contributed by atoms with E-state index in [1.807, 2.05) is 102 Å². The minimum Gasteiger partial charge on any atom is -0.342 e. The molecule has 0 saturated carbocycles. The number of nitrogens with zero attached hydrogens (tertiary/aromatic N) is 3. The van der Waals surface area contributed by atoms with E-state index < -0.39 is 6.04 Å². The van der Waals surface area contributed by atoms with Crippen LogP contribution in [0.1, 0.15) is 29.0 Å². The van der Waals surface area contributed by atoms with Crippen LogP contribution in [0.5, 0.6) is 0 Å². The molecule has 43 heavy (non-hydrogen) atoms. The monoisotopic (exact) mass is 604 g/mol. The maximum atomic E-state index is 14.5. The van der Waals surface area contributed by atoms with Crippen molar-refractivity contribution >= 4 is 51.2 Å². The molecule has 3 aromatic heterocycles. The van der Waals surface area contributed by atoms with Gasteiger partial charge in [0.15, 0.2) is 4.80 Å². The van der Waals surface area contributed by atoms with Crippen molar-refractivity contribution in [1.82, 2.24) is 9.13 Å². The molecule has 0 bridgehead atoms. The highest BCUT2D eigenvalue weighted by molar-refractivity contribution is 7.10. The Morgan fingerprint density at radius 3 is 2.56 bits per heavy atom. The number of allylic oxidation sites excluding steroid dienone is 1. The van der Waals surface area contributed by atoms with Gasteiger partial charge in [-0.3, -0.25) is 14.2 Å². The fourth-order valence-corrected chi connectivity index (χ4v) is 7.38. The molecule has 1 amide bonds. The molecule has 0 spiro atoms. The summed E-state index contributed by atoms with van der Waals surface area (Å²) in [5.41, 5.74) is 3.84. The third kappa shape index (κ3) is 4.96. The Morgan fingerprint density at radius 2 is 1.77 bits per heavy atom. The number of fused-ring (bicyclic) bond motifs is 2. The number of carbonyl (C=O) groups is 1. The Hall–Kier alpha value is -4.86. The Bertz CT molecular complexity index is 2210. The molecule has 1 aliphatic heterocycles. The maximum absolute atomic E-state index is 14.5. The number of halogens is 1. The molecular formula is C34H25FN4O2S2. The molecule has 1 unspecified atom stereocenters. The first kappa shape index (κ1) is 27.0. The van der Waals surface area contributed by atoms with Gasteiger partial charge in [0.25, 0.3) is 11.5 Å². The van der Waals surface area contributed by atoms with Gasteiger partial charge >= 0.3 is 0 Å². The van der Waals surface area contributed by atoms with Crippen LogP contribution >= 0.6 is 22.7 Å². The number of thiophene rings is 1. The fraction of sp³-hybridized carbons (Fsp3) is 0.0882. The number of hydrogen-bond donors (Lipinski definition) is 1. The lowest BCUT2D eigenvalue weighted by Crippen LogP contribution is -2.40. The summed E-state index contributed by atoms with van der Waals surface area (Å²) in [7, 11) is 0. The lowest BCUT2D eigenvalue weighted by molar-refractivity contribution is -0.113. The van der Waals surface area contributed by atoms with E-state index in [1.54, 1.807) is 16.7 Å². The average Bonchev–Trinajstić information content (AvgIpc) is 3.74. The summed E-state index contributed by atoms with van der Waals surface area (Å²) >= 11 is 2.80. The summed E-state index contributed by atoms with van der Waals surface area (Å²) in [6, 6.07) is 27.1. The minimum absolute atomic E-state index is 0.217. The van der Waals surface area contributed by atoms with Crippen LogP contribution in [0.15, 0.2) is 124 Å². The molecular weight excluding hydrogens is 580 g/mol. The van der Waals surface area contributed by atoms with Gasteiger partial charge in [-0.05, 0) is 48.7 Å². The van der Waals surface area contributed by atoms with E-state index in [4.69, 9.17) is 4.99 Å². The number of amides is 1. The zero-order valence-electron chi connectivity index (χ0n) is 23.0. The third-order valence-corrected chi connectivity index (χ3v) is 9.42. The molecule has 9 heteroatoms. The molecule has 0 aliphatic carbocycles. The third-order valence-electron chi connectivity index (χ3n) is 7.52. The number of thiazole rings is 1. The SMILES string of the molecule is CC1=C(C(=O)Nc2ccccc2)C(c2cccs2)n2c(s/c(=C\c3cn(Cc4ccccc4F)c4ccccc34)c2=O)=N1. The van der Waals surface area contributed by atoms with Crippen molar-refractivity contribution in [3.05, 3.63) is 155 Å². The molecule has 4 heterocycles. The predicted octanol–water partition coefficient (Wildman–Crippen LogP) is 6.08. The molecule has 1 atom stereocenters. The Balaban J connectivity index is 1.34. The first-order valence-electron chi connectivity index (χ1n) is 13.7. The van der Waals surface area contributed by atoms with Crippen molar-refractivity contribution in [3.8, 4) is 0 Å². The van der Waals surface area contributed by atoms with Crippen LogP contribution in [0.4, 0.5) is 10.1 Å². The Kier molecular flexibility index (Phi) is 6.96. The minimum atomic E-state index is -0.607. The standard InChI is InChI=1S/C34H25FN4O2S2/c1-21-30(32(40)37-24-11-3-2-4-12-24)31(28-16-9-17-42-28)39-33(41)29(43-34(39)36-21)18-23-20-38(27-15-8-6-13-25(23)27)19-22-10-5-7-14-26(22)35/h2-18,20,31H,19H2,1H3,(H,37,40)/b29-18-. The van der Waals surface area contributed by atoms with Crippen molar-refractivity contribution in [1.29, 1.82) is 0 Å². The van der Waals surface area contributed by atoms with Gasteiger partial charge in [0.05, 0.1) is 22.3 Å². The lowest BCUT2D eigenvalue weighted by Gasteiger charge is -2.24. The molecule has 1 N–H and O–H groups in total. The normalized spacial score (nSPS) is 15.0. The van der Waals surface area contributed by atoms with Crippen LogP contribution in [0.2, 0.25) is 0 Å². The number of para-hydroxylation sites is 2. The number of hydrogen-bond acceptors (Lipinski definition) is 5. The van der Waals surface area contributed by atoms with Crippen LogP contribution in [0.3, 0.4) is 0 Å². The summed E-state index contributed by atoms with van der Waals surface area (Å²) < 4.78 is 18.6. The van der Waals surface area contributed by atoms with E-state index in [1.165, 1.54) is 28.7 Å². The zero-order chi connectivity index (χ0) is 29.5. The first-order chi connectivity index (χ1) is 21.0. The second-order valence-corrected chi connectivity index (χ2v) is 12.2. The zero-order valence-corrected chi connectivity index (χ0v) is 24.7. The van der Waals surface area contributed by atoms with Crippen LogP contribution in [-0.4, -0.2) is 15.0 Å². The summed E-state index contributed by atoms with van der Waals surface area (Å²) in [6.45, 7) is 2.17. The number of rotatable bonds is 6. The number of nitrogens with one attached hydrogen (secondary N) is 1. The van der Waals surface area contributed by atoms with Gasteiger partial charge in [0, 0.05) is 38.8 Å². The molecule has 3 aromatic carbocycles. The van der Waals surface area contributed by atoms with Crippen molar-refractivity contribution in [2.24, 2.45) is 4.99 Å². The van der Waals surface area contributed by atoms with E-state index >= 15 is 0 Å². The van der Waals surface area contributed by atoms with Gasteiger partial charge in [-0.2, -0.15) is 0 Å². The Morgan fingerprint density at radius 1 is 1.00 bits per heavy atom. The molecule has 0 saturated heterocycles. The predicted molar refractivity (Wildman–Crippen MR) is 171 cm³/mol. The van der Waals surface area contributed by atoms with Gasteiger partial charge in [-0.25, -0.2) is 9.38 Å². The number of carbonyl (C=O) groups excluding carboxylic acids is 1. The highest BCUT2D eigenvalue weighted by atomic mass is 32.1. The first-order valence-corrected chi connectivity index (χ1v) is 15.4. The van der Waals surface area contributed by atoms with Crippen molar-refractivity contribution < 1.29 is 9.18 Å². The second kappa shape index (κ2) is 11.1. The lowest BCUT2D eigenvalue weighted by atomic mass is 10.0. The average molecular weight is 605 g/mol. The van der Waals surface area contributed by atoms with E-state index in [0.717, 1.165) is 21.3 Å². The summed E-state index contributed by atoms with van der Waals surface area (Å²) in [5, 5.41) is 5.88. The topological polar surface area (TPSA) is 68.4 Å². The van der Waals surface area contributed by atoms with Gasteiger partial charge in [-0.15, -0.1) is 11.3 Å². The highest BCUT2D eigenvalue weighted by Crippen LogP contribution is 2.33. The summed E-state index contributed by atoms with van der Waals surface area (Å²) in [4.78, 5) is 33.9. The van der Waals surface area contributed by atoms with Crippen LogP contribution in [0.25, 0.3) is 17.0 Å². The maximum Gasteiger partial charge on any atom is 0.271 e. The molecule has 7 rings (SSSR count). The van der Waals surface area contributed by atoms with Crippen LogP contribution < -0.4 is 20.2 Å². The molecule has 6 aromatic rings. The number of anilines is 1. The number of aromatic nitrogens is 2. The van der Waals surface area contributed by atoms with Crippen molar-refractivity contribution in [3.63, 3.8) is 0 Å². The van der Waals surface area contributed by atoms with Gasteiger partial charge < -0.3 is 9.88 Å². The van der Waals surface area contributed by atoms with E-state index in [0.29, 0.717) is 38.4 Å². The van der Waals surface area contributed by atoms with Gasteiger partial charge in [0.1, 0.15) is 11.9 Å². The van der Waals surface area contributed by atoms with Gasteiger partial charge in [0.2, 0.25) is 0 Å². The Labute approximate surface area is 254 Å².